The molecule has 0 amide bonds. The van der Waals surface area contributed by atoms with Crippen molar-refractivity contribution in [1.29, 1.82) is 0 Å². The van der Waals surface area contributed by atoms with Crippen LogP contribution in [-0.2, 0) is 19.1 Å². The van der Waals surface area contributed by atoms with Crippen molar-refractivity contribution in [3.05, 3.63) is 35.5 Å². The number of aliphatic hydroxyl groups excluding tert-OH is 1. The Bertz CT molecular complexity index is 763. The Morgan fingerprint density at radius 3 is 2.52 bits per heavy atom. The summed E-state index contributed by atoms with van der Waals surface area (Å²) >= 11 is 0. The lowest BCUT2D eigenvalue weighted by Crippen LogP contribution is -2.54. The molecule has 0 aliphatic heterocycles. The molecule has 2 bridgehead atoms. The highest BCUT2D eigenvalue weighted by atomic mass is 16.6. The van der Waals surface area contributed by atoms with Crippen molar-refractivity contribution >= 4 is 11.9 Å². The molecule has 0 spiro atoms. The average Bonchev–Trinajstić information content (AvgIpc) is 2.95. The average molecular weight is 403 g/mol. The lowest BCUT2D eigenvalue weighted by atomic mass is 9.60. The summed E-state index contributed by atoms with van der Waals surface area (Å²) in [5, 5.41) is 11.4. The molecule has 5 heteroatoms. The summed E-state index contributed by atoms with van der Waals surface area (Å²) in [4.78, 5) is 23.8. The van der Waals surface area contributed by atoms with Gasteiger partial charge in [0.1, 0.15) is 18.3 Å². The first-order valence-electron chi connectivity index (χ1n) is 10.6. The molecule has 0 saturated heterocycles. The molecule has 5 nitrogen and oxygen atoms in total. The van der Waals surface area contributed by atoms with Crippen molar-refractivity contribution in [3.8, 4) is 0 Å². The van der Waals surface area contributed by atoms with Crippen LogP contribution in [0, 0.1) is 23.2 Å². The number of aliphatic hydroxyl groups is 1. The molecule has 0 heterocycles. The van der Waals surface area contributed by atoms with Crippen LogP contribution in [0.4, 0.5) is 0 Å². The highest BCUT2D eigenvalue weighted by Gasteiger charge is 2.59. The smallest absolute Gasteiger partial charge is 0.303 e. The Balaban J connectivity index is 2.19. The monoisotopic (exact) mass is 402 g/mol. The number of allylic oxidation sites excluding steroid dienone is 4. The molecule has 3 rings (SSSR count). The predicted molar refractivity (Wildman–Crippen MR) is 111 cm³/mol. The van der Waals surface area contributed by atoms with Crippen LogP contribution in [-0.4, -0.2) is 35.4 Å². The highest BCUT2D eigenvalue weighted by Crippen LogP contribution is 2.60. The van der Waals surface area contributed by atoms with Crippen molar-refractivity contribution in [3.63, 3.8) is 0 Å². The van der Waals surface area contributed by atoms with Crippen LogP contribution < -0.4 is 0 Å². The number of esters is 2. The molecule has 0 aromatic carbocycles. The van der Waals surface area contributed by atoms with E-state index in [0.717, 1.165) is 30.4 Å². The van der Waals surface area contributed by atoms with E-state index in [1.807, 2.05) is 6.92 Å². The van der Waals surface area contributed by atoms with Crippen molar-refractivity contribution in [2.24, 2.45) is 23.2 Å². The second-order valence-electron chi connectivity index (χ2n) is 9.39. The SMILES string of the molecule is C=C1/C=C\C[C@H](C)C[C@H](OC(C)=O)C2=C(C)[C@@H]3[C@H]1CC[C@]3(C)[C@@H](OC(C)=O)[C@@H]2O. The van der Waals surface area contributed by atoms with Gasteiger partial charge in [-0.05, 0) is 50.4 Å². The van der Waals surface area contributed by atoms with E-state index in [1.165, 1.54) is 13.8 Å². The van der Waals surface area contributed by atoms with Crippen LogP contribution in [0.5, 0.6) is 0 Å². The second kappa shape index (κ2) is 8.10. The van der Waals surface area contributed by atoms with E-state index in [-0.39, 0.29) is 29.1 Å². The van der Waals surface area contributed by atoms with Crippen LogP contribution in [0.2, 0.25) is 0 Å². The highest BCUT2D eigenvalue weighted by molar-refractivity contribution is 5.67. The molecule has 1 saturated carbocycles. The number of ether oxygens (including phenoxy) is 2. The third-order valence-corrected chi connectivity index (χ3v) is 7.20. The molecule has 3 aliphatic carbocycles. The van der Waals surface area contributed by atoms with E-state index in [9.17, 15) is 14.7 Å². The van der Waals surface area contributed by atoms with E-state index in [1.54, 1.807) is 0 Å². The van der Waals surface area contributed by atoms with Crippen LogP contribution >= 0.6 is 0 Å². The Kier molecular flexibility index (Phi) is 6.09. The predicted octanol–water partition coefficient (Wildman–Crippen LogP) is 4.12. The summed E-state index contributed by atoms with van der Waals surface area (Å²) in [5.41, 5.74) is 2.46. The minimum Gasteiger partial charge on any atom is -0.459 e. The zero-order chi connectivity index (χ0) is 21.5. The maximum Gasteiger partial charge on any atom is 0.303 e. The number of carbonyl (C=O) groups excluding carboxylic acids is 2. The zero-order valence-corrected chi connectivity index (χ0v) is 18.2. The molecule has 7 atom stereocenters. The van der Waals surface area contributed by atoms with Crippen molar-refractivity contribution < 1.29 is 24.2 Å². The normalized spacial score (nSPS) is 40.8. The van der Waals surface area contributed by atoms with E-state index < -0.39 is 24.3 Å². The third-order valence-electron chi connectivity index (χ3n) is 7.20. The minimum absolute atomic E-state index is 0.0777. The number of carbonyl (C=O) groups is 2. The molecule has 0 unspecified atom stereocenters. The van der Waals surface area contributed by atoms with E-state index in [2.05, 4.69) is 32.6 Å². The molecule has 0 aromatic heterocycles. The summed E-state index contributed by atoms with van der Waals surface area (Å²) in [6, 6.07) is 0. The summed E-state index contributed by atoms with van der Waals surface area (Å²) in [5.74, 6) is -0.229. The summed E-state index contributed by atoms with van der Waals surface area (Å²) < 4.78 is 11.4. The lowest BCUT2D eigenvalue weighted by molar-refractivity contribution is -0.168. The maximum atomic E-state index is 11.9. The van der Waals surface area contributed by atoms with Gasteiger partial charge in [0.25, 0.3) is 0 Å². The van der Waals surface area contributed by atoms with Crippen molar-refractivity contribution in [1.82, 2.24) is 0 Å². The fraction of sp³-hybridized carbons (Fsp3) is 0.667. The first-order chi connectivity index (χ1) is 13.6. The quantitative estimate of drug-likeness (QED) is 0.556. The van der Waals surface area contributed by atoms with Gasteiger partial charge in [0.15, 0.2) is 0 Å². The Morgan fingerprint density at radius 2 is 1.90 bits per heavy atom. The van der Waals surface area contributed by atoms with Crippen LogP contribution in [0.3, 0.4) is 0 Å². The molecule has 3 aliphatic rings. The minimum atomic E-state index is -0.988. The van der Waals surface area contributed by atoms with Gasteiger partial charge < -0.3 is 14.6 Å². The van der Waals surface area contributed by atoms with E-state index >= 15 is 0 Å². The Hall–Kier alpha value is -1.88. The standard InChI is InChI=1S/C24H34O5/c1-13-8-7-9-14(2)18-10-11-24(6)21(18)15(3)20(19(12-13)28-16(4)25)22(27)23(24)29-17(5)26/h7,9,13,18-19,21-23,27H,2,8,10-12H2,1,3-6H3/b9-7-/t13-,18-,19-,21+,22+,23-,24-/m0/s1. The van der Waals surface area contributed by atoms with Crippen LogP contribution in [0.25, 0.3) is 0 Å². The fourth-order valence-corrected chi connectivity index (χ4v) is 6.00. The zero-order valence-electron chi connectivity index (χ0n) is 18.2. The third kappa shape index (κ3) is 3.94. The van der Waals surface area contributed by atoms with Crippen molar-refractivity contribution in [2.75, 3.05) is 0 Å². The summed E-state index contributed by atoms with van der Waals surface area (Å²) in [6.07, 6.45) is 5.32. The molecule has 0 radical (unpaired) electrons. The molecule has 160 valence electrons. The van der Waals surface area contributed by atoms with Gasteiger partial charge in [-0.25, -0.2) is 0 Å². The number of rotatable bonds is 2. The number of hydrogen-bond donors (Lipinski definition) is 1. The first-order valence-corrected chi connectivity index (χ1v) is 10.6. The van der Waals surface area contributed by atoms with E-state index in [4.69, 9.17) is 9.47 Å². The molecule has 29 heavy (non-hydrogen) atoms. The maximum absolute atomic E-state index is 11.9. The van der Waals surface area contributed by atoms with Gasteiger partial charge >= 0.3 is 11.9 Å². The van der Waals surface area contributed by atoms with Crippen LogP contribution in [0.1, 0.15) is 60.3 Å². The first kappa shape index (κ1) is 21.8. The molecule has 1 fully saturated rings. The molecule has 1 N–H and O–H groups in total. The fourth-order valence-electron chi connectivity index (χ4n) is 6.00. The van der Waals surface area contributed by atoms with Gasteiger partial charge in [-0.15, -0.1) is 0 Å². The summed E-state index contributed by atoms with van der Waals surface area (Å²) in [6.45, 7) is 13.4. The summed E-state index contributed by atoms with van der Waals surface area (Å²) in [7, 11) is 0. The van der Waals surface area contributed by atoms with Gasteiger partial charge in [-0.3, -0.25) is 9.59 Å². The Labute approximate surface area is 173 Å². The molecular weight excluding hydrogens is 368 g/mol. The van der Waals surface area contributed by atoms with Gasteiger partial charge in [-0.2, -0.15) is 0 Å². The molecule has 0 aromatic rings. The van der Waals surface area contributed by atoms with Gasteiger partial charge in [0.05, 0.1) is 0 Å². The van der Waals surface area contributed by atoms with E-state index in [0.29, 0.717) is 12.0 Å². The largest absolute Gasteiger partial charge is 0.459 e. The van der Waals surface area contributed by atoms with Gasteiger partial charge in [-0.1, -0.05) is 43.7 Å². The Morgan fingerprint density at radius 1 is 1.24 bits per heavy atom. The second-order valence-corrected chi connectivity index (χ2v) is 9.39. The van der Waals surface area contributed by atoms with Crippen LogP contribution in [0.15, 0.2) is 35.5 Å². The van der Waals surface area contributed by atoms with Gasteiger partial charge in [0, 0.05) is 24.8 Å². The van der Waals surface area contributed by atoms with Crippen molar-refractivity contribution in [2.45, 2.75) is 78.6 Å². The topological polar surface area (TPSA) is 72.8 Å². The van der Waals surface area contributed by atoms with Gasteiger partial charge in [0.2, 0.25) is 0 Å². The number of hydrogen-bond acceptors (Lipinski definition) is 5. The lowest BCUT2D eigenvalue weighted by Gasteiger charge is -2.49. The molecular formula is C24H34O5.